The molecule has 4 heterocycles. The molecule has 1 unspecified atom stereocenters. The summed E-state index contributed by atoms with van der Waals surface area (Å²) in [5, 5.41) is 1.69. The van der Waals surface area contributed by atoms with Crippen LogP contribution in [0.5, 0.6) is 0 Å². The van der Waals surface area contributed by atoms with Crippen molar-refractivity contribution in [2.24, 2.45) is 0 Å². The molecule has 4 rings (SSSR count). The molecule has 0 aliphatic carbocycles. The molecule has 0 spiro atoms. The summed E-state index contributed by atoms with van der Waals surface area (Å²) in [6.45, 7) is 5.01. The first-order valence-electron chi connectivity index (χ1n) is 12.6. The summed E-state index contributed by atoms with van der Waals surface area (Å²) < 4.78 is 39.6. The fourth-order valence-electron chi connectivity index (χ4n) is 5.37. The number of alkyl halides is 3. The number of amides is 1. The lowest BCUT2D eigenvalue weighted by Crippen LogP contribution is -2.61. The molecule has 2 aliphatic rings. The van der Waals surface area contributed by atoms with Gasteiger partial charge in [-0.1, -0.05) is 11.4 Å². The summed E-state index contributed by atoms with van der Waals surface area (Å²) in [5.41, 5.74) is 0.902. The maximum Gasteiger partial charge on any atom is 0.403 e. The van der Waals surface area contributed by atoms with Gasteiger partial charge >= 0.3 is 6.18 Å². The Labute approximate surface area is 218 Å². The molecular formula is C25H31B2F3N6O. The number of halogens is 3. The Kier molecular flexibility index (Phi) is 8.18. The molecule has 2 fully saturated rings. The second kappa shape index (κ2) is 11.0. The highest BCUT2D eigenvalue weighted by atomic mass is 19.4. The monoisotopic (exact) mass is 510 g/mol. The second-order valence-corrected chi connectivity index (χ2v) is 10.00. The first-order valence-corrected chi connectivity index (χ1v) is 12.6. The van der Waals surface area contributed by atoms with Gasteiger partial charge in [-0.05, 0) is 57.4 Å². The highest BCUT2D eigenvalue weighted by Gasteiger charge is 2.44. The molecule has 7 nitrogen and oxygen atoms in total. The number of rotatable bonds is 5. The van der Waals surface area contributed by atoms with Crippen LogP contribution < -0.4 is 10.2 Å². The summed E-state index contributed by atoms with van der Waals surface area (Å²) in [4.78, 5) is 26.9. The average molecular weight is 510 g/mol. The molecule has 0 saturated carbocycles. The number of carbonyl (C=O) groups excluding carboxylic acids is 1. The third-order valence-corrected chi connectivity index (χ3v) is 7.37. The lowest BCUT2D eigenvalue weighted by atomic mass is 9.58. The van der Waals surface area contributed by atoms with E-state index in [4.69, 9.17) is 15.7 Å². The van der Waals surface area contributed by atoms with E-state index in [0.29, 0.717) is 56.9 Å². The fourth-order valence-corrected chi connectivity index (χ4v) is 5.37. The van der Waals surface area contributed by atoms with Gasteiger partial charge in [-0.2, -0.15) is 13.2 Å². The molecule has 2 aliphatic heterocycles. The van der Waals surface area contributed by atoms with Crippen LogP contribution >= 0.6 is 0 Å². The number of hydrogen-bond acceptors (Lipinski definition) is 6. The molecule has 194 valence electrons. The Balaban J connectivity index is 1.45. The largest absolute Gasteiger partial charge is 0.403 e. The third-order valence-electron chi connectivity index (χ3n) is 7.37. The summed E-state index contributed by atoms with van der Waals surface area (Å²) >= 11 is 0. The van der Waals surface area contributed by atoms with Crippen molar-refractivity contribution < 1.29 is 18.0 Å². The highest BCUT2D eigenvalue weighted by Crippen LogP contribution is 2.33. The maximum absolute atomic E-state index is 13.2. The van der Waals surface area contributed by atoms with Crippen molar-refractivity contribution in [3.05, 3.63) is 48.4 Å². The van der Waals surface area contributed by atoms with Crippen LogP contribution in [-0.2, 0) is 0 Å². The SMILES string of the molecule is [B]C1([B])CCN(c2cccc(C(=O)Nc3ccncc3)n2)CC(C)N1C1CCN([C@@H](C)C(F)(F)F)CC1. The summed E-state index contributed by atoms with van der Waals surface area (Å²) in [6, 6.07) is 7.10. The standard InChI is InChI=1S/C25H31B2F3N6O/c1-17-16-35(22-5-3-4-21(33-22)23(37)32-19-6-11-31-12-7-19)15-10-24(26,27)36(17)20-8-13-34(14-9-20)18(2)25(28,29)30/h3-7,11-12,17-18,20H,8-10,13-16H2,1-2H3,(H,31,32,37)/t17?,18-/m0/s1. The van der Waals surface area contributed by atoms with E-state index in [0.717, 1.165) is 0 Å². The number of aromatic nitrogens is 2. The van der Waals surface area contributed by atoms with Crippen molar-refractivity contribution >= 4 is 33.1 Å². The van der Waals surface area contributed by atoms with Gasteiger partial charge in [0, 0.05) is 56.3 Å². The smallest absolute Gasteiger partial charge is 0.355 e. The molecule has 2 atom stereocenters. The van der Waals surface area contributed by atoms with Crippen LogP contribution in [0.4, 0.5) is 24.7 Å². The normalized spacial score (nSPS) is 22.8. The molecule has 2 aromatic heterocycles. The predicted octanol–water partition coefficient (Wildman–Crippen LogP) is 3.04. The van der Waals surface area contributed by atoms with Crippen LogP contribution in [0, 0.1) is 0 Å². The maximum atomic E-state index is 13.2. The van der Waals surface area contributed by atoms with E-state index in [1.807, 2.05) is 13.0 Å². The highest BCUT2D eigenvalue weighted by molar-refractivity contribution is 6.40. The molecular weight excluding hydrogens is 479 g/mol. The van der Waals surface area contributed by atoms with Crippen LogP contribution in [0.25, 0.3) is 0 Å². The van der Waals surface area contributed by atoms with Crippen molar-refractivity contribution in [1.29, 1.82) is 0 Å². The number of hydrogen-bond donors (Lipinski definition) is 1. The number of likely N-dealkylation sites (tertiary alicyclic amines) is 1. The van der Waals surface area contributed by atoms with E-state index in [1.165, 1.54) is 11.8 Å². The average Bonchev–Trinajstić information content (AvgIpc) is 2.98. The van der Waals surface area contributed by atoms with Gasteiger partial charge in [0.25, 0.3) is 5.91 Å². The molecule has 12 heteroatoms. The Morgan fingerprint density at radius 3 is 2.46 bits per heavy atom. The number of anilines is 2. The van der Waals surface area contributed by atoms with Crippen molar-refractivity contribution in [3.8, 4) is 0 Å². The van der Waals surface area contributed by atoms with Crippen LogP contribution in [-0.4, -0.2) is 97.2 Å². The number of nitrogens with one attached hydrogen (secondary N) is 1. The van der Waals surface area contributed by atoms with Gasteiger partial charge in [0.1, 0.15) is 17.6 Å². The fraction of sp³-hybridized carbons (Fsp3) is 0.560. The van der Waals surface area contributed by atoms with Crippen LogP contribution in [0.1, 0.15) is 43.6 Å². The molecule has 4 radical (unpaired) electrons. The van der Waals surface area contributed by atoms with E-state index in [1.54, 1.807) is 36.7 Å². The molecule has 37 heavy (non-hydrogen) atoms. The van der Waals surface area contributed by atoms with Crippen LogP contribution in [0.15, 0.2) is 42.7 Å². The van der Waals surface area contributed by atoms with Gasteiger partial charge in [0.15, 0.2) is 0 Å². The van der Waals surface area contributed by atoms with Crippen molar-refractivity contribution in [3.63, 3.8) is 0 Å². The number of carbonyl (C=O) groups is 1. The minimum atomic E-state index is -4.24. The van der Waals surface area contributed by atoms with E-state index < -0.39 is 17.6 Å². The van der Waals surface area contributed by atoms with E-state index >= 15 is 0 Å². The Bertz CT molecular complexity index is 1070. The van der Waals surface area contributed by atoms with E-state index in [-0.39, 0.29) is 23.7 Å². The van der Waals surface area contributed by atoms with E-state index in [2.05, 4.69) is 25.1 Å². The molecule has 1 N–H and O–H groups in total. The number of pyridine rings is 2. The predicted molar refractivity (Wildman–Crippen MR) is 139 cm³/mol. The van der Waals surface area contributed by atoms with Crippen LogP contribution in [0.3, 0.4) is 0 Å². The Hall–Kier alpha value is -2.59. The topological polar surface area (TPSA) is 64.6 Å². The molecule has 0 aromatic carbocycles. The minimum absolute atomic E-state index is 0.0212. The first kappa shape index (κ1) is 27.4. The zero-order valence-corrected chi connectivity index (χ0v) is 21.2. The van der Waals surface area contributed by atoms with E-state index in [9.17, 15) is 18.0 Å². The van der Waals surface area contributed by atoms with Gasteiger partial charge in [0.2, 0.25) is 0 Å². The molecule has 0 bridgehead atoms. The lowest BCUT2D eigenvalue weighted by Gasteiger charge is -2.50. The van der Waals surface area contributed by atoms with Gasteiger partial charge < -0.3 is 15.1 Å². The van der Waals surface area contributed by atoms with Gasteiger partial charge in [-0.3, -0.25) is 14.7 Å². The first-order chi connectivity index (χ1) is 17.5. The number of nitrogens with zero attached hydrogens (tertiary/aromatic N) is 5. The second-order valence-electron chi connectivity index (χ2n) is 10.00. The van der Waals surface area contributed by atoms with Gasteiger partial charge in [0.05, 0.1) is 15.7 Å². The van der Waals surface area contributed by atoms with Crippen LogP contribution in [0.2, 0.25) is 0 Å². The van der Waals surface area contributed by atoms with Gasteiger partial charge in [-0.25, -0.2) is 4.98 Å². The Morgan fingerprint density at radius 2 is 1.81 bits per heavy atom. The summed E-state index contributed by atoms with van der Waals surface area (Å²) in [6.07, 6.45) is 0.498. The molecule has 2 saturated heterocycles. The molecule has 2 aromatic rings. The van der Waals surface area contributed by atoms with Crippen molar-refractivity contribution in [1.82, 2.24) is 19.8 Å². The van der Waals surface area contributed by atoms with Crippen molar-refractivity contribution in [2.45, 2.75) is 62.7 Å². The molecule has 1 amide bonds. The lowest BCUT2D eigenvalue weighted by molar-refractivity contribution is -0.182. The Morgan fingerprint density at radius 1 is 1.14 bits per heavy atom. The zero-order chi connectivity index (χ0) is 26.8. The number of piperidine rings is 1. The van der Waals surface area contributed by atoms with Crippen molar-refractivity contribution in [2.75, 3.05) is 36.4 Å². The minimum Gasteiger partial charge on any atom is -0.355 e. The zero-order valence-electron chi connectivity index (χ0n) is 21.2. The third kappa shape index (κ3) is 6.46. The quantitative estimate of drug-likeness (QED) is 0.625. The summed E-state index contributed by atoms with van der Waals surface area (Å²) in [7, 11) is 13.2. The summed E-state index contributed by atoms with van der Waals surface area (Å²) in [5.74, 6) is 0.310. The van der Waals surface area contributed by atoms with Gasteiger partial charge in [-0.15, -0.1) is 0 Å².